The third kappa shape index (κ3) is 2.85. The summed E-state index contributed by atoms with van der Waals surface area (Å²) in [5.41, 5.74) is 2.41. The van der Waals surface area contributed by atoms with Crippen LogP contribution in [0, 0.1) is 0 Å². The Morgan fingerprint density at radius 2 is 2.17 bits per heavy atom. The van der Waals surface area contributed by atoms with E-state index in [1.807, 2.05) is 7.05 Å². The van der Waals surface area contributed by atoms with E-state index in [4.69, 9.17) is 4.74 Å². The number of fused-ring (bicyclic) bond motifs is 1. The van der Waals surface area contributed by atoms with Gasteiger partial charge in [-0.05, 0) is 50.9 Å². The molecule has 3 nitrogen and oxygen atoms in total. The Morgan fingerprint density at radius 3 is 2.89 bits per heavy atom. The van der Waals surface area contributed by atoms with E-state index in [2.05, 4.69) is 36.9 Å². The molecule has 0 bridgehead atoms. The molecule has 3 heteroatoms. The zero-order valence-corrected chi connectivity index (χ0v) is 11.6. The van der Waals surface area contributed by atoms with Crippen molar-refractivity contribution in [1.29, 1.82) is 0 Å². The normalized spacial score (nSPS) is 15.4. The van der Waals surface area contributed by atoms with Crippen molar-refractivity contribution >= 4 is 0 Å². The smallest absolute Gasteiger partial charge is 0.122 e. The Balaban J connectivity index is 2.10. The maximum absolute atomic E-state index is 9.37. The minimum Gasteiger partial charge on any atom is -0.493 e. The molecule has 100 valence electrons. The third-order valence-corrected chi connectivity index (χ3v) is 3.81. The van der Waals surface area contributed by atoms with Crippen LogP contribution in [0.4, 0.5) is 0 Å². The summed E-state index contributed by atoms with van der Waals surface area (Å²) in [6.07, 6.45) is 2.21. The lowest BCUT2D eigenvalue weighted by Crippen LogP contribution is -2.43. The zero-order valence-electron chi connectivity index (χ0n) is 11.6. The summed E-state index contributed by atoms with van der Waals surface area (Å²) in [6, 6.07) is 6.43. The molecule has 0 atom stereocenters. The molecular weight excluding hydrogens is 226 g/mol. The fourth-order valence-corrected chi connectivity index (χ4v) is 2.12. The van der Waals surface area contributed by atoms with Crippen LogP contribution in [0.15, 0.2) is 18.2 Å². The molecule has 1 N–H and O–H groups in total. The summed E-state index contributed by atoms with van der Waals surface area (Å²) < 4.78 is 5.62. The Labute approximate surface area is 109 Å². The molecule has 0 amide bonds. The standard InChI is InChI=1S/C15H23NO2/c1-15(2,11-17)16(3)10-12-6-7-14-13(9-12)5-4-8-18-14/h6-7,9,17H,4-5,8,10-11H2,1-3H3. The average molecular weight is 249 g/mol. The number of ether oxygens (including phenoxy) is 1. The van der Waals surface area contributed by atoms with E-state index in [0.29, 0.717) is 0 Å². The molecule has 1 aromatic rings. The minimum atomic E-state index is -0.188. The topological polar surface area (TPSA) is 32.7 Å². The predicted molar refractivity (Wildman–Crippen MR) is 72.9 cm³/mol. The van der Waals surface area contributed by atoms with Gasteiger partial charge in [0.2, 0.25) is 0 Å². The lowest BCUT2D eigenvalue weighted by Gasteiger charge is -2.34. The van der Waals surface area contributed by atoms with Crippen LogP contribution in [0.3, 0.4) is 0 Å². The fourth-order valence-electron chi connectivity index (χ4n) is 2.12. The van der Waals surface area contributed by atoms with E-state index in [1.165, 1.54) is 11.1 Å². The van der Waals surface area contributed by atoms with Gasteiger partial charge in [-0.1, -0.05) is 12.1 Å². The molecule has 0 unspecified atom stereocenters. The van der Waals surface area contributed by atoms with Crippen molar-refractivity contribution in [2.45, 2.75) is 38.8 Å². The molecular formula is C15H23NO2. The summed E-state index contributed by atoms with van der Waals surface area (Å²) in [6.45, 7) is 5.95. The van der Waals surface area contributed by atoms with Crippen LogP contribution in [0.1, 0.15) is 31.4 Å². The second-order valence-electron chi connectivity index (χ2n) is 5.72. The van der Waals surface area contributed by atoms with Gasteiger partial charge in [-0.3, -0.25) is 4.90 Å². The van der Waals surface area contributed by atoms with Gasteiger partial charge in [0.25, 0.3) is 0 Å². The van der Waals surface area contributed by atoms with Gasteiger partial charge in [0.1, 0.15) is 5.75 Å². The monoisotopic (exact) mass is 249 g/mol. The van der Waals surface area contributed by atoms with Crippen molar-refractivity contribution in [3.05, 3.63) is 29.3 Å². The number of hydrogen-bond donors (Lipinski definition) is 1. The maximum Gasteiger partial charge on any atom is 0.122 e. The highest BCUT2D eigenvalue weighted by atomic mass is 16.5. The number of hydrogen-bond acceptors (Lipinski definition) is 3. The van der Waals surface area contributed by atoms with E-state index >= 15 is 0 Å². The van der Waals surface area contributed by atoms with Gasteiger partial charge < -0.3 is 9.84 Å². The highest BCUT2D eigenvalue weighted by Crippen LogP contribution is 2.26. The van der Waals surface area contributed by atoms with Gasteiger partial charge in [-0.15, -0.1) is 0 Å². The second-order valence-corrected chi connectivity index (χ2v) is 5.72. The lowest BCUT2D eigenvalue weighted by atomic mass is 10.0. The lowest BCUT2D eigenvalue weighted by molar-refractivity contribution is 0.0733. The molecule has 1 aliphatic rings. The van der Waals surface area contributed by atoms with Crippen molar-refractivity contribution < 1.29 is 9.84 Å². The molecule has 0 radical (unpaired) electrons. The van der Waals surface area contributed by atoms with Crippen LogP contribution in [-0.2, 0) is 13.0 Å². The summed E-state index contributed by atoms with van der Waals surface area (Å²) >= 11 is 0. The molecule has 0 aromatic heterocycles. The Bertz CT molecular complexity index is 415. The number of nitrogens with zero attached hydrogens (tertiary/aromatic N) is 1. The van der Waals surface area contributed by atoms with Gasteiger partial charge in [0.05, 0.1) is 13.2 Å². The van der Waals surface area contributed by atoms with Gasteiger partial charge in [-0.25, -0.2) is 0 Å². The molecule has 0 saturated heterocycles. The van der Waals surface area contributed by atoms with Crippen LogP contribution in [0.2, 0.25) is 0 Å². The van der Waals surface area contributed by atoms with E-state index in [1.54, 1.807) is 0 Å². The molecule has 0 aliphatic carbocycles. The largest absolute Gasteiger partial charge is 0.493 e. The molecule has 2 rings (SSSR count). The summed E-state index contributed by atoms with van der Waals surface area (Å²) in [4.78, 5) is 2.18. The molecule has 0 saturated carbocycles. The van der Waals surface area contributed by atoms with Crippen LogP contribution in [-0.4, -0.2) is 35.8 Å². The third-order valence-electron chi connectivity index (χ3n) is 3.81. The number of aliphatic hydroxyl groups excluding tert-OH is 1. The zero-order chi connectivity index (χ0) is 13.2. The van der Waals surface area contributed by atoms with Crippen molar-refractivity contribution in [2.75, 3.05) is 20.3 Å². The quantitative estimate of drug-likeness (QED) is 0.888. The molecule has 1 aromatic carbocycles. The molecule has 1 aliphatic heterocycles. The highest BCUT2D eigenvalue weighted by molar-refractivity contribution is 5.38. The van der Waals surface area contributed by atoms with Gasteiger partial charge in [-0.2, -0.15) is 0 Å². The number of aryl methyl sites for hydroxylation is 1. The molecule has 0 spiro atoms. The van der Waals surface area contributed by atoms with Crippen molar-refractivity contribution in [3.63, 3.8) is 0 Å². The SMILES string of the molecule is CN(Cc1ccc2c(c1)CCCO2)C(C)(C)CO. The van der Waals surface area contributed by atoms with Crippen LogP contribution in [0.25, 0.3) is 0 Å². The summed E-state index contributed by atoms with van der Waals surface area (Å²) in [7, 11) is 2.05. The summed E-state index contributed by atoms with van der Waals surface area (Å²) in [5.74, 6) is 1.04. The van der Waals surface area contributed by atoms with Crippen molar-refractivity contribution in [1.82, 2.24) is 4.90 Å². The predicted octanol–water partition coefficient (Wildman–Crippen LogP) is 2.21. The first kappa shape index (κ1) is 13.4. The number of benzene rings is 1. The van der Waals surface area contributed by atoms with Crippen LogP contribution >= 0.6 is 0 Å². The van der Waals surface area contributed by atoms with E-state index in [-0.39, 0.29) is 12.1 Å². The van der Waals surface area contributed by atoms with Crippen molar-refractivity contribution in [2.24, 2.45) is 0 Å². The molecule has 18 heavy (non-hydrogen) atoms. The number of rotatable bonds is 4. The maximum atomic E-state index is 9.37. The van der Waals surface area contributed by atoms with Crippen LogP contribution in [0.5, 0.6) is 5.75 Å². The van der Waals surface area contributed by atoms with E-state index in [9.17, 15) is 5.11 Å². The first-order valence-corrected chi connectivity index (χ1v) is 6.59. The second kappa shape index (κ2) is 5.29. The number of aliphatic hydroxyl groups is 1. The van der Waals surface area contributed by atoms with Gasteiger partial charge in [0.15, 0.2) is 0 Å². The van der Waals surface area contributed by atoms with Gasteiger partial charge in [0, 0.05) is 12.1 Å². The van der Waals surface area contributed by atoms with Crippen LogP contribution < -0.4 is 4.74 Å². The van der Waals surface area contributed by atoms with Crippen molar-refractivity contribution in [3.8, 4) is 5.75 Å². The Kier molecular flexibility index (Phi) is 3.93. The first-order chi connectivity index (χ1) is 8.53. The molecule has 0 fully saturated rings. The average Bonchev–Trinajstić information content (AvgIpc) is 2.38. The molecule has 1 heterocycles. The highest BCUT2D eigenvalue weighted by Gasteiger charge is 2.22. The summed E-state index contributed by atoms with van der Waals surface area (Å²) in [5, 5.41) is 9.37. The first-order valence-electron chi connectivity index (χ1n) is 6.59. The number of likely N-dealkylation sites (N-methyl/N-ethyl adjacent to an activating group) is 1. The van der Waals surface area contributed by atoms with Gasteiger partial charge >= 0.3 is 0 Å². The van der Waals surface area contributed by atoms with E-state index < -0.39 is 0 Å². The Hall–Kier alpha value is -1.06. The Morgan fingerprint density at radius 1 is 1.39 bits per heavy atom. The minimum absolute atomic E-state index is 0.164. The fraction of sp³-hybridized carbons (Fsp3) is 0.600. The van der Waals surface area contributed by atoms with E-state index in [0.717, 1.165) is 31.7 Å².